The fourth-order valence-corrected chi connectivity index (χ4v) is 3.04. The maximum absolute atomic E-state index is 11.3. The molecule has 0 aromatic carbocycles. The summed E-state index contributed by atoms with van der Waals surface area (Å²) in [5.74, 6) is -2.54. The van der Waals surface area contributed by atoms with Gasteiger partial charge in [0, 0.05) is 18.7 Å². The molecule has 1 fully saturated rings. The number of ether oxygens (including phenoxy) is 1. The number of thioether (sulfide) groups is 1. The lowest BCUT2D eigenvalue weighted by Crippen LogP contribution is -2.32. The summed E-state index contributed by atoms with van der Waals surface area (Å²) < 4.78 is 37.9. The highest BCUT2D eigenvalue weighted by atomic mass is 32.2. The van der Waals surface area contributed by atoms with Crippen molar-refractivity contribution in [1.82, 2.24) is 20.1 Å². The lowest BCUT2D eigenvalue weighted by atomic mass is 10.1. The van der Waals surface area contributed by atoms with Crippen LogP contribution in [0.1, 0.15) is 19.2 Å². The zero-order valence-electron chi connectivity index (χ0n) is 15.0. The Kier molecular flexibility index (Phi) is 9.12. The van der Waals surface area contributed by atoms with Crippen LogP contribution >= 0.6 is 11.8 Å². The van der Waals surface area contributed by atoms with Crippen LogP contribution in [0, 0.1) is 0 Å². The molecule has 1 aromatic rings. The third kappa shape index (κ3) is 8.08. The molecule has 13 heteroatoms. The van der Waals surface area contributed by atoms with E-state index in [2.05, 4.69) is 20.1 Å². The third-order valence-corrected chi connectivity index (χ3v) is 4.50. The van der Waals surface area contributed by atoms with Crippen molar-refractivity contribution in [2.45, 2.75) is 31.3 Å². The Hall–Kier alpha value is -2.41. The van der Waals surface area contributed by atoms with E-state index in [1.807, 2.05) is 6.08 Å². The number of esters is 1. The van der Waals surface area contributed by atoms with Gasteiger partial charge in [0.25, 0.3) is 0 Å². The Morgan fingerprint density at radius 2 is 2.11 bits per heavy atom. The van der Waals surface area contributed by atoms with E-state index >= 15 is 0 Å². The molecule has 1 aliphatic rings. The van der Waals surface area contributed by atoms with Crippen molar-refractivity contribution in [2.24, 2.45) is 0 Å². The normalized spacial score (nSPS) is 18.2. The molecular weight excluding hydrogens is 405 g/mol. The first-order chi connectivity index (χ1) is 13.0. The molecule has 1 atom stereocenters. The molecule has 2 rings (SSSR count). The molecule has 1 saturated heterocycles. The van der Waals surface area contributed by atoms with Gasteiger partial charge >= 0.3 is 18.1 Å². The van der Waals surface area contributed by atoms with Gasteiger partial charge in [0.1, 0.15) is 12.9 Å². The number of carbonyl (C=O) groups excluding carboxylic acids is 2. The topological polar surface area (TPSA) is 123 Å². The molecule has 0 amide bonds. The molecule has 0 radical (unpaired) electrons. The van der Waals surface area contributed by atoms with Gasteiger partial charge in [-0.3, -0.25) is 9.59 Å². The molecular formula is C15H19F3N4O5S. The Morgan fingerprint density at radius 3 is 2.64 bits per heavy atom. The average Bonchev–Trinajstić information content (AvgIpc) is 3.02. The van der Waals surface area contributed by atoms with E-state index < -0.39 is 12.1 Å². The molecule has 1 aliphatic heterocycles. The predicted molar refractivity (Wildman–Crippen MR) is 93.3 cm³/mol. The molecule has 0 saturated carbocycles. The van der Waals surface area contributed by atoms with Crippen LogP contribution in [0.2, 0.25) is 0 Å². The number of aliphatic carboxylic acids is 1. The number of alkyl halides is 3. The molecule has 9 nitrogen and oxygen atoms in total. The van der Waals surface area contributed by atoms with Crippen LogP contribution in [-0.2, 0) is 25.7 Å². The smallest absolute Gasteiger partial charge is 0.475 e. The molecule has 2 heterocycles. The summed E-state index contributed by atoms with van der Waals surface area (Å²) in [4.78, 5) is 35.7. The van der Waals surface area contributed by atoms with Gasteiger partial charge in [-0.2, -0.15) is 18.3 Å². The minimum absolute atomic E-state index is 0.0214. The lowest BCUT2D eigenvalue weighted by molar-refractivity contribution is -0.192. The fraction of sp³-hybridized carbons (Fsp3) is 0.533. The van der Waals surface area contributed by atoms with Gasteiger partial charge in [-0.25, -0.2) is 14.5 Å². The van der Waals surface area contributed by atoms with E-state index in [-0.39, 0.29) is 22.9 Å². The van der Waals surface area contributed by atoms with Crippen molar-refractivity contribution in [3.8, 4) is 0 Å². The van der Waals surface area contributed by atoms with Crippen LogP contribution in [0.15, 0.2) is 11.9 Å². The van der Waals surface area contributed by atoms with Crippen LogP contribution in [0.5, 0.6) is 0 Å². The van der Waals surface area contributed by atoms with E-state index in [0.29, 0.717) is 12.4 Å². The number of hydrogen-bond acceptors (Lipinski definition) is 8. The van der Waals surface area contributed by atoms with Gasteiger partial charge < -0.3 is 15.2 Å². The number of aromatic nitrogens is 3. The quantitative estimate of drug-likeness (QED) is 0.684. The number of piperidine rings is 1. The first-order valence-corrected chi connectivity index (χ1v) is 8.75. The van der Waals surface area contributed by atoms with Gasteiger partial charge in [0.15, 0.2) is 10.9 Å². The van der Waals surface area contributed by atoms with Crippen molar-refractivity contribution in [3.05, 3.63) is 17.7 Å². The van der Waals surface area contributed by atoms with Crippen molar-refractivity contribution < 1.29 is 37.4 Å². The van der Waals surface area contributed by atoms with E-state index in [1.54, 1.807) is 6.92 Å². The second kappa shape index (κ2) is 10.8. The number of nitrogens with one attached hydrogen (secondary N) is 1. The SMILES string of the molecule is COC(=O)Cn1ncnc1C=C1CNCCC1SC(C)=O.O=C(O)C(F)(F)F. The van der Waals surface area contributed by atoms with Crippen molar-refractivity contribution in [3.63, 3.8) is 0 Å². The van der Waals surface area contributed by atoms with Crippen LogP contribution in [0.25, 0.3) is 6.08 Å². The second-order valence-corrected chi connectivity index (χ2v) is 6.82. The molecule has 156 valence electrons. The summed E-state index contributed by atoms with van der Waals surface area (Å²) in [6.45, 7) is 3.19. The highest BCUT2D eigenvalue weighted by molar-refractivity contribution is 8.14. The lowest BCUT2D eigenvalue weighted by Gasteiger charge is -2.24. The molecule has 0 bridgehead atoms. The number of halogens is 3. The van der Waals surface area contributed by atoms with E-state index in [4.69, 9.17) is 9.90 Å². The van der Waals surface area contributed by atoms with Crippen molar-refractivity contribution in [1.29, 1.82) is 0 Å². The highest BCUT2D eigenvalue weighted by Crippen LogP contribution is 2.26. The maximum atomic E-state index is 11.3. The Balaban J connectivity index is 0.000000480. The maximum Gasteiger partial charge on any atom is 0.490 e. The summed E-state index contributed by atoms with van der Waals surface area (Å²) in [6.07, 6.45) is -0.900. The largest absolute Gasteiger partial charge is 0.490 e. The Morgan fingerprint density at radius 1 is 1.46 bits per heavy atom. The monoisotopic (exact) mass is 424 g/mol. The number of hydrogen-bond donors (Lipinski definition) is 2. The summed E-state index contributed by atoms with van der Waals surface area (Å²) in [6, 6.07) is 0. The standard InChI is InChI=1S/C13H18N4O3S.C2HF3O2/c1-9(18)21-11-3-4-14-6-10(11)5-12-15-8-16-17(12)7-13(19)20-2;3-2(4,5)1(6)7/h5,8,11,14H,3-4,6-7H2,1-2H3;(H,6,7). The van der Waals surface area contributed by atoms with Crippen LogP contribution in [0.4, 0.5) is 13.2 Å². The van der Waals surface area contributed by atoms with Gasteiger partial charge in [-0.05, 0) is 24.6 Å². The minimum Gasteiger partial charge on any atom is -0.475 e. The second-order valence-electron chi connectivity index (χ2n) is 5.44. The predicted octanol–water partition coefficient (Wildman–Crippen LogP) is 1.11. The van der Waals surface area contributed by atoms with Crippen molar-refractivity contribution >= 4 is 34.9 Å². The zero-order valence-corrected chi connectivity index (χ0v) is 15.8. The highest BCUT2D eigenvalue weighted by Gasteiger charge is 2.38. The van der Waals surface area contributed by atoms with Crippen LogP contribution in [-0.4, -0.2) is 68.6 Å². The molecule has 1 aromatic heterocycles. The Bertz CT molecular complexity index is 736. The van der Waals surface area contributed by atoms with Gasteiger partial charge in [-0.1, -0.05) is 11.8 Å². The Labute approximate surface area is 162 Å². The molecule has 28 heavy (non-hydrogen) atoms. The summed E-state index contributed by atoms with van der Waals surface area (Å²) in [7, 11) is 1.34. The number of carboxylic acid groups (broad SMARTS) is 1. The van der Waals surface area contributed by atoms with Gasteiger partial charge in [0.2, 0.25) is 0 Å². The minimum atomic E-state index is -5.08. The number of carboxylic acids is 1. The van der Waals surface area contributed by atoms with E-state index in [1.165, 1.54) is 29.9 Å². The number of methoxy groups -OCH3 is 1. The first-order valence-electron chi connectivity index (χ1n) is 7.87. The number of carbonyl (C=O) groups is 3. The van der Waals surface area contributed by atoms with E-state index in [0.717, 1.165) is 18.5 Å². The van der Waals surface area contributed by atoms with Crippen LogP contribution < -0.4 is 5.32 Å². The molecule has 1 unspecified atom stereocenters. The first kappa shape index (κ1) is 23.6. The van der Waals surface area contributed by atoms with Crippen molar-refractivity contribution in [2.75, 3.05) is 20.2 Å². The van der Waals surface area contributed by atoms with E-state index in [9.17, 15) is 22.8 Å². The van der Waals surface area contributed by atoms with Gasteiger partial charge in [0.05, 0.1) is 7.11 Å². The average molecular weight is 424 g/mol. The van der Waals surface area contributed by atoms with Gasteiger partial charge in [-0.15, -0.1) is 0 Å². The number of rotatable bonds is 4. The zero-order chi connectivity index (χ0) is 21.3. The number of nitrogens with zero attached hydrogens (tertiary/aromatic N) is 3. The molecule has 0 spiro atoms. The summed E-state index contributed by atoms with van der Waals surface area (Å²) in [5.41, 5.74) is 1.08. The molecule has 0 aliphatic carbocycles. The van der Waals surface area contributed by atoms with Crippen LogP contribution in [0.3, 0.4) is 0 Å². The summed E-state index contributed by atoms with van der Waals surface area (Å²) in [5, 5.41) is 14.7. The summed E-state index contributed by atoms with van der Waals surface area (Å²) >= 11 is 1.33. The third-order valence-electron chi connectivity index (χ3n) is 3.34. The molecule has 2 N–H and O–H groups in total. The fourth-order valence-electron chi connectivity index (χ4n) is 2.10.